The number of β-amino-alcohol motifs (C(OH)–C–C–N with tert-alkyl or cyclic N) is 1. The van der Waals surface area contributed by atoms with E-state index < -0.39 is 6.10 Å². The molecule has 3 saturated heterocycles. The van der Waals surface area contributed by atoms with Crippen molar-refractivity contribution < 1.29 is 19.1 Å². The molecule has 4 heterocycles. The van der Waals surface area contributed by atoms with Gasteiger partial charge in [-0.3, -0.25) is 14.6 Å². The molecule has 7 heteroatoms. The third-order valence-corrected chi connectivity index (χ3v) is 5.98. The summed E-state index contributed by atoms with van der Waals surface area (Å²) in [4.78, 5) is 19.4. The van der Waals surface area contributed by atoms with Crippen molar-refractivity contribution in [2.75, 3.05) is 52.5 Å². The lowest BCUT2D eigenvalue weighted by Gasteiger charge is -2.34. The van der Waals surface area contributed by atoms with Crippen LogP contribution in [0.5, 0.6) is 0 Å². The minimum Gasteiger partial charge on any atom is -0.468 e. The summed E-state index contributed by atoms with van der Waals surface area (Å²) in [5, 5.41) is 10.4. The molecule has 0 spiro atoms. The molecule has 0 aliphatic carbocycles. The number of morpholine rings is 1. The number of rotatable bonds is 4. The summed E-state index contributed by atoms with van der Waals surface area (Å²) >= 11 is 0. The summed E-state index contributed by atoms with van der Waals surface area (Å²) in [6.45, 7) is 6.87. The van der Waals surface area contributed by atoms with E-state index in [1.807, 2.05) is 17.0 Å². The van der Waals surface area contributed by atoms with E-state index in [2.05, 4.69) is 9.80 Å². The van der Waals surface area contributed by atoms with Crippen molar-refractivity contribution in [2.45, 2.75) is 31.5 Å². The molecule has 1 N–H and O–H groups in total. The largest absolute Gasteiger partial charge is 0.468 e. The van der Waals surface area contributed by atoms with Gasteiger partial charge in [-0.15, -0.1) is 0 Å². The van der Waals surface area contributed by atoms with E-state index in [4.69, 9.17) is 9.15 Å². The van der Waals surface area contributed by atoms with Crippen molar-refractivity contribution in [1.82, 2.24) is 14.7 Å². The number of carbonyl (C=O) groups is 1. The van der Waals surface area contributed by atoms with Crippen LogP contribution in [0.25, 0.3) is 0 Å². The summed E-state index contributed by atoms with van der Waals surface area (Å²) < 4.78 is 10.8. The standard InChI is InChI=1S/C19H29N3O4/c23-18-14-22(13-17(18)21-7-10-25-11-8-21)19(24)15-3-5-20(6-4-15)12-16-2-1-9-26-16/h1-2,9,15,17-18,23H,3-8,10-14H2/t17-,18-/m0/s1. The average molecular weight is 363 g/mol. The van der Waals surface area contributed by atoms with Crippen LogP contribution in [0.3, 0.4) is 0 Å². The van der Waals surface area contributed by atoms with Crippen molar-refractivity contribution in [3.63, 3.8) is 0 Å². The molecular formula is C19H29N3O4. The fraction of sp³-hybridized carbons (Fsp3) is 0.737. The van der Waals surface area contributed by atoms with Crippen molar-refractivity contribution in [2.24, 2.45) is 5.92 Å². The summed E-state index contributed by atoms with van der Waals surface area (Å²) in [5.41, 5.74) is 0. The number of aliphatic hydroxyl groups excluding tert-OH is 1. The van der Waals surface area contributed by atoms with Gasteiger partial charge in [0.1, 0.15) is 5.76 Å². The molecule has 0 radical (unpaired) electrons. The van der Waals surface area contributed by atoms with Crippen LogP contribution in [-0.2, 0) is 16.1 Å². The molecule has 1 aromatic rings. The van der Waals surface area contributed by atoms with Crippen LogP contribution in [-0.4, -0.2) is 90.3 Å². The Hall–Kier alpha value is -1.41. The lowest BCUT2D eigenvalue weighted by Crippen LogP contribution is -2.49. The molecule has 3 aliphatic rings. The maximum Gasteiger partial charge on any atom is 0.225 e. The molecule has 1 amide bonds. The fourth-order valence-electron chi connectivity index (χ4n) is 4.44. The first-order valence-electron chi connectivity index (χ1n) is 9.74. The van der Waals surface area contributed by atoms with Crippen molar-refractivity contribution in [1.29, 1.82) is 0 Å². The Morgan fingerprint density at radius 2 is 1.92 bits per heavy atom. The van der Waals surface area contributed by atoms with Crippen LogP contribution in [0.2, 0.25) is 0 Å². The number of likely N-dealkylation sites (tertiary alicyclic amines) is 2. The SMILES string of the molecule is O=C(C1CCN(Cc2ccco2)CC1)N1C[C@H](O)[C@@H](N2CCOCC2)C1. The quantitative estimate of drug-likeness (QED) is 0.835. The highest BCUT2D eigenvalue weighted by Gasteiger charge is 2.40. The second-order valence-corrected chi connectivity index (χ2v) is 7.66. The number of aliphatic hydroxyl groups is 1. The molecule has 0 bridgehead atoms. The molecule has 0 aromatic carbocycles. The molecule has 4 rings (SSSR count). The highest BCUT2D eigenvalue weighted by atomic mass is 16.5. The first kappa shape index (κ1) is 18.0. The van der Waals surface area contributed by atoms with Gasteiger partial charge in [0.25, 0.3) is 0 Å². The number of carbonyl (C=O) groups excluding carboxylic acids is 1. The Bertz CT molecular complexity index is 580. The predicted octanol–water partition coefficient (Wildman–Crippen LogP) is 0.396. The van der Waals surface area contributed by atoms with Gasteiger partial charge in [0.15, 0.2) is 0 Å². The molecule has 0 saturated carbocycles. The molecule has 3 fully saturated rings. The normalized spacial score (nSPS) is 29.3. The molecule has 3 aliphatic heterocycles. The van der Waals surface area contributed by atoms with Crippen LogP contribution in [0, 0.1) is 5.92 Å². The molecule has 2 atom stereocenters. The Morgan fingerprint density at radius 3 is 2.62 bits per heavy atom. The van der Waals surface area contributed by atoms with Crippen LogP contribution < -0.4 is 0 Å². The van der Waals surface area contributed by atoms with E-state index in [1.165, 1.54) is 0 Å². The van der Waals surface area contributed by atoms with Crippen molar-refractivity contribution in [3.05, 3.63) is 24.2 Å². The highest BCUT2D eigenvalue weighted by molar-refractivity contribution is 5.79. The average Bonchev–Trinajstić information content (AvgIpc) is 3.32. The summed E-state index contributed by atoms with van der Waals surface area (Å²) in [7, 11) is 0. The van der Waals surface area contributed by atoms with Gasteiger partial charge >= 0.3 is 0 Å². The summed E-state index contributed by atoms with van der Waals surface area (Å²) in [6.07, 6.45) is 3.02. The third kappa shape index (κ3) is 3.96. The highest BCUT2D eigenvalue weighted by Crippen LogP contribution is 2.25. The number of hydrogen-bond donors (Lipinski definition) is 1. The topological polar surface area (TPSA) is 69.4 Å². The van der Waals surface area contributed by atoms with Crippen LogP contribution in [0.4, 0.5) is 0 Å². The summed E-state index contributed by atoms with van der Waals surface area (Å²) in [5.74, 6) is 1.28. The van der Waals surface area contributed by atoms with E-state index in [1.54, 1.807) is 6.26 Å². The number of hydrogen-bond acceptors (Lipinski definition) is 6. The second kappa shape index (κ2) is 8.08. The minimum absolute atomic E-state index is 0.0573. The van der Waals surface area contributed by atoms with Gasteiger partial charge in [0.05, 0.1) is 38.2 Å². The van der Waals surface area contributed by atoms with Gasteiger partial charge in [0.2, 0.25) is 5.91 Å². The molecular weight excluding hydrogens is 334 g/mol. The fourth-order valence-corrected chi connectivity index (χ4v) is 4.44. The first-order valence-corrected chi connectivity index (χ1v) is 9.74. The van der Waals surface area contributed by atoms with E-state index in [9.17, 15) is 9.90 Å². The van der Waals surface area contributed by atoms with Crippen molar-refractivity contribution in [3.8, 4) is 0 Å². The minimum atomic E-state index is -0.448. The maximum absolute atomic E-state index is 12.9. The van der Waals surface area contributed by atoms with E-state index >= 15 is 0 Å². The van der Waals surface area contributed by atoms with Crippen LogP contribution >= 0.6 is 0 Å². The van der Waals surface area contributed by atoms with Gasteiger partial charge in [-0.05, 0) is 38.1 Å². The Balaban J connectivity index is 1.27. The Kier molecular flexibility index (Phi) is 5.59. The zero-order valence-corrected chi connectivity index (χ0v) is 15.3. The smallest absolute Gasteiger partial charge is 0.225 e. The molecule has 26 heavy (non-hydrogen) atoms. The number of nitrogens with zero attached hydrogens (tertiary/aromatic N) is 3. The van der Waals surface area contributed by atoms with E-state index in [0.29, 0.717) is 26.3 Å². The lowest BCUT2D eigenvalue weighted by atomic mass is 9.95. The molecule has 0 unspecified atom stereocenters. The van der Waals surface area contributed by atoms with Crippen LogP contribution in [0.15, 0.2) is 22.8 Å². The first-order chi connectivity index (χ1) is 12.7. The zero-order valence-electron chi connectivity index (χ0n) is 15.3. The molecule has 1 aromatic heterocycles. The van der Waals surface area contributed by atoms with E-state index in [0.717, 1.165) is 51.3 Å². The van der Waals surface area contributed by atoms with Gasteiger partial charge in [-0.1, -0.05) is 0 Å². The number of piperidine rings is 1. The van der Waals surface area contributed by atoms with Crippen molar-refractivity contribution >= 4 is 5.91 Å². The van der Waals surface area contributed by atoms with Gasteiger partial charge in [0, 0.05) is 32.1 Å². The van der Waals surface area contributed by atoms with Gasteiger partial charge < -0.3 is 19.2 Å². The zero-order chi connectivity index (χ0) is 17.9. The van der Waals surface area contributed by atoms with E-state index in [-0.39, 0.29) is 17.9 Å². The Morgan fingerprint density at radius 1 is 1.15 bits per heavy atom. The predicted molar refractivity (Wildman–Crippen MR) is 95.5 cm³/mol. The molecule has 7 nitrogen and oxygen atoms in total. The monoisotopic (exact) mass is 363 g/mol. The third-order valence-electron chi connectivity index (χ3n) is 5.98. The summed E-state index contributed by atoms with van der Waals surface area (Å²) in [6, 6.07) is 3.96. The lowest BCUT2D eigenvalue weighted by molar-refractivity contribution is -0.136. The second-order valence-electron chi connectivity index (χ2n) is 7.66. The van der Waals surface area contributed by atoms with Gasteiger partial charge in [-0.25, -0.2) is 0 Å². The Labute approximate surface area is 154 Å². The molecule has 144 valence electrons. The van der Waals surface area contributed by atoms with Gasteiger partial charge in [-0.2, -0.15) is 0 Å². The number of ether oxygens (including phenoxy) is 1. The number of furan rings is 1. The van der Waals surface area contributed by atoms with Crippen LogP contribution in [0.1, 0.15) is 18.6 Å². The number of amides is 1. The maximum atomic E-state index is 12.9.